The molecule has 0 saturated heterocycles. The summed E-state index contributed by atoms with van der Waals surface area (Å²) in [5.74, 6) is 1.44. The Morgan fingerprint density at radius 3 is 2.48 bits per heavy atom. The highest BCUT2D eigenvalue weighted by Gasteiger charge is 2.10. The van der Waals surface area contributed by atoms with Crippen LogP contribution in [0.25, 0.3) is 0 Å². The molecule has 0 fully saturated rings. The summed E-state index contributed by atoms with van der Waals surface area (Å²) < 4.78 is 10.4. The summed E-state index contributed by atoms with van der Waals surface area (Å²) in [4.78, 5) is 14.2. The second-order valence-electron chi connectivity index (χ2n) is 4.41. The van der Waals surface area contributed by atoms with Crippen LogP contribution in [-0.4, -0.2) is 35.7 Å². The average Bonchev–Trinajstić information content (AvgIpc) is 2.48. The number of rotatable bonds is 6. The summed E-state index contributed by atoms with van der Waals surface area (Å²) >= 11 is 0. The maximum atomic E-state index is 5.67. The van der Waals surface area contributed by atoms with Crippen molar-refractivity contribution in [3.8, 4) is 11.8 Å². The van der Waals surface area contributed by atoms with E-state index in [0.717, 1.165) is 11.3 Å². The molecular weight excluding hydrogens is 270 g/mol. The van der Waals surface area contributed by atoms with Gasteiger partial charge in [-0.25, -0.2) is 0 Å². The van der Waals surface area contributed by atoms with Gasteiger partial charge in [0.15, 0.2) is 0 Å². The average molecular weight is 289 g/mol. The first-order chi connectivity index (χ1) is 10.1. The molecule has 0 aliphatic carbocycles. The van der Waals surface area contributed by atoms with Crippen molar-refractivity contribution < 1.29 is 9.47 Å². The molecule has 112 valence electrons. The summed E-state index contributed by atoms with van der Waals surface area (Å²) in [5, 5.41) is 0. The van der Waals surface area contributed by atoms with Gasteiger partial charge in [0.05, 0.1) is 13.7 Å². The third kappa shape index (κ3) is 3.95. The highest BCUT2D eigenvalue weighted by molar-refractivity contribution is 5.37. The third-order valence-electron chi connectivity index (χ3n) is 2.81. The molecule has 0 unspecified atom stereocenters. The lowest BCUT2D eigenvalue weighted by atomic mass is 10.2. The van der Waals surface area contributed by atoms with Crippen LogP contribution in [0.4, 0.5) is 11.9 Å². The number of methoxy groups -OCH3 is 1. The van der Waals surface area contributed by atoms with Gasteiger partial charge in [0.1, 0.15) is 5.75 Å². The summed E-state index contributed by atoms with van der Waals surface area (Å²) in [5.41, 5.74) is 6.78. The van der Waals surface area contributed by atoms with Gasteiger partial charge in [0, 0.05) is 13.6 Å². The van der Waals surface area contributed by atoms with Crippen LogP contribution in [0.15, 0.2) is 24.3 Å². The number of hydrogen-bond donors (Lipinski definition) is 1. The molecule has 1 aromatic heterocycles. The molecule has 7 heteroatoms. The molecule has 1 heterocycles. The maximum Gasteiger partial charge on any atom is 0.323 e. The topological polar surface area (TPSA) is 86.4 Å². The number of nitrogens with zero attached hydrogens (tertiary/aromatic N) is 4. The lowest BCUT2D eigenvalue weighted by Crippen LogP contribution is -2.20. The van der Waals surface area contributed by atoms with E-state index >= 15 is 0 Å². The number of hydrogen-bond acceptors (Lipinski definition) is 7. The molecule has 0 bridgehead atoms. The van der Waals surface area contributed by atoms with Crippen LogP contribution < -0.4 is 20.1 Å². The van der Waals surface area contributed by atoms with E-state index in [1.165, 1.54) is 0 Å². The summed E-state index contributed by atoms with van der Waals surface area (Å²) in [7, 11) is 3.53. The Morgan fingerprint density at radius 1 is 1.14 bits per heavy atom. The van der Waals surface area contributed by atoms with Gasteiger partial charge in [0.2, 0.25) is 11.9 Å². The van der Waals surface area contributed by atoms with E-state index in [1.807, 2.05) is 43.1 Å². The van der Waals surface area contributed by atoms with Crippen molar-refractivity contribution >= 4 is 11.9 Å². The fourth-order valence-corrected chi connectivity index (χ4v) is 1.80. The normalized spacial score (nSPS) is 10.2. The largest absolute Gasteiger partial charge is 0.497 e. The van der Waals surface area contributed by atoms with E-state index in [1.54, 1.807) is 7.11 Å². The predicted molar refractivity (Wildman–Crippen MR) is 80.5 cm³/mol. The summed E-state index contributed by atoms with van der Waals surface area (Å²) in [6.07, 6.45) is 0. The first kappa shape index (κ1) is 14.8. The molecule has 0 amide bonds. The minimum Gasteiger partial charge on any atom is -0.497 e. The molecule has 2 rings (SSSR count). The van der Waals surface area contributed by atoms with Crippen molar-refractivity contribution in [2.45, 2.75) is 13.5 Å². The molecule has 2 N–H and O–H groups in total. The Hall–Kier alpha value is -2.57. The first-order valence-corrected chi connectivity index (χ1v) is 6.60. The third-order valence-corrected chi connectivity index (χ3v) is 2.81. The van der Waals surface area contributed by atoms with Gasteiger partial charge in [-0.15, -0.1) is 0 Å². The zero-order valence-corrected chi connectivity index (χ0v) is 12.4. The monoisotopic (exact) mass is 289 g/mol. The molecule has 0 saturated carbocycles. The van der Waals surface area contributed by atoms with Crippen LogP contribution >= 0.6 is 0 Å². The Balaban J connectivity index is 2.13. The van der Waals surface area contributed by atoms with Crippen LogP contribution in [0.1, 0.15) is 12.5 Å². The quantitative estimate of drug-likeness (QED) is 0.862. The summed E-state index contributed by atoms with van der Waals surface area (Å²) in [6.45, 7) is 2.98. The van der Waals surface area contributed by atoms with Crippen LogP contribution in [0.2, 0.25) is 0 Å². The van der Waals surface area contributed by atoms with Gasteiger partial charge < -0.3 is 20.1 Å². The Bertz CT molecular complexity index is 588. The highest BCUT2D eigenvalue weighted by Crippen LogP contribution is 2.16. The van der Waals surface area contributed by atoms with Crippen LogP contribution in [0.3, 0.4) is 0 Å². The van der Waals surface area contributed by atoms with Crippen LogP contribution in [0.5, 0.6) is 11.8 Å². The molecule has 7 nitrogen and oxygen atoms in total. The molecule has 0 aliphatic heterocycles. The second kappa shape index (κ2) is 6.74. The van der Waals surface area contributed by atoms with E-state index in [2.05, 4.69) is 15.0 Å². The zero-order valence-electron chi connectivity index (χ0n) is 12.4. The van der Waals surface area contributed by atoms with E-state index in [9.17, 15) is 0 Å². The van der Waals surface area contributed by atoms with Crippen molar-refractivity contribution in [2.75, 3.05) is 31.4 Å². The van der Waals surface area contributed by atoms with Gasteiger partial charge in [-0.05, 0) is 24.6 Å². The fourth-order valence-electron chi connectivity index (χ4n) is 1.80. The number of nitrogen functional groups attached to an aromatic ring is 1. The van der Waals surface area contributed by atoms with Crippen molar-refractivity contribution in [1.29, 1.82) is 0 Å². The molecule has 2 aromatic rings. The Kier molecular flexibility index (Phi) is 4.76. The lowest BCUT2D eigenvalue weighted by molar-refractivity contribution is 0.312. The highest BCUT2D eigenvalue weighted by atomic mass is 16.5. The molecule has 21 heavy (non-hydrogen) atoms. The van der Waals surface area contributed by atoms with Crippen molar-refractivity contribution in [2.24, 2.45) is 0 Å². The Morgan fingerprint density at radius 2 is 1.86 bits per heavy atom. The van der Waals surface area contributed by atoms with Crippen LogP contribution in [-0.2, 0) is 6.54 Å². The van der Waals surface area contributed by atoms with E-state index in [-0.39, 0.29) is 12.0 Å². The van der Waals surface area contributed by atoms with Crippen molar-refractivity contribution in [3.05, 3.63) is 29.8 Å². The molecule has 1 aromatic carbocycles. The van der Waals surface area contributed by atoms with Gasteiger partial charge >= 0.3 is 6.01 Å². The molecule has 0 radical (unpaired) electrons. The van der Waals surface area contributed by atoms with Crippen LogP contribution in [0, 0.1) is 0 Å². The minimum atomic E-state index is 0.144. The maximum absolute atomic E-state index is 5.67. The molecule has 0 spiro atoms. The predicted octanol–water partition coefficient (Wildman–Crippen LogP) is 1.50. The number of ether oxygens (including phenoxy) is 2. The number of aromatic nitrogens is 3. The van der Waals surface area contributed by atoms with E-state index in [4.69, 9.17) is 15.2 Å². The number of nitrogens with two attached hydrogens (primary N) is 1. The van der Waals surface area contributed by atoms with E-state index < -0.39 is 0 Å². The summed E-state index contributed by atoms with van der Waals surface area (Å²) in [6, 6.07) is 8.04. The Labute approximate surface area is 123 Å². The first-order valence-electron chi connectivity index (χ1n) is 6.60. The number of benzene rings is 1. The zero-order chi connectivity index (χ0) is 15.2. The van der Waals surface area contributed by atoms with E-state index in [0.29, 0.717) is 19.1 Å². The van der Waals surface area contributed by atoms with Gasteiger partial charge in [0.25, 0.3) is 0 Å². The smallest absolute Gasteiger partial charge is 0.323 e. The second-order valence-corrected chi connectivity index (χ2v) is 4.41. The van der Waals surface area contributed by atoms with Gasteiger partial charge in [-0.3, -0.25) is 0 Å². The SMILES string of the molecule is CCOc1nc(N)nc(N(C)Cc2ccc(OC)cc2)n1. The van der Waals surface area contributed by atoms with Crippen molar-refractivity contribution in [3.63, 3.8) is 0 Å². The molecule has 0 aliphatic rings. The molecular formula is C14H19N5O2. The lowest BCUT2D eigenvalue weighted by Gasteiger charge is -2.17. The van der Waals surface area contributed by atoms with Gasteiger partial charge in [-0.1, -0.05) is 12.1 Å². The fraction of sp³-hybridized carbons (Fsp3) is 0.357. The van der Waals surface area contributed by atoms with Gasteiger partial charge in [-0.2, -0.15) is 15.0 Å². The standard InChI is InChI=1S/C14H19N5O2/c1-4-21-14-17-12(15)16-13(18-14)19(2)9-10-5-7-11(20-3)8-6-10/h5-8H,4,9H2,1-3H3,(H2,15,16,17,18). The number of anilines is 2. The van der Waals surface area contributed by atoms with Crippen molar-refractivity contribution in [1.82, 2.24) is 15.0 Å². The molecule has 0 atom stereocenters. The minimum absolute atomic E-state index is 0.144.